The molecule has 0 aromatic heterocycles. The van der Waals surface area contributed by atoms with Crippen LogP contribution in [0.4, 0.5) is 5.69 Å². The number of ketones is 1. The third-order valence-corrected chi connectivity index (χ3v) is 4.75. The zero-order valence-corrected chi connectivity index (χ0v) is 17.5. The maximum atomic E-state index is 12.6. The Bertz CT molecular complexity index is 916. The molecule has 0 saturated heterocycles. The van der Waals surface area contributed by atoms with Gasteiger partial charge in [-0.3, -0.25) is 14.4 Å². The van der Waals surface area contributed by atoms with Crippen LogP contribution in [0.2, 0.25) is 0 Å². The monoisotopic (exact) mass is 426 g/mol. The van der Waals surface area contributed by atoms with Crippen LogP contribution in [-0.4, -0.2) is 57.6 Å². The van der Waals surface area contributed by atoms with Gasteiger partial charge in [-0.1, -0.05) is 18.2 Å². The van der Waals surface area contributed by atoms with E-state index >= 15 is 0 Å². The molecule has 2 aromatic rings. The SMILES string of the molecule is COCCNC(=O)CCCN1C(=O)COc2ccc(C(=O)COc3ccccc3)cc21. The van der Waals surface area contributed by atoms with E-state index in [0.29, 0.717) is 48.9 Å². The lowest BCUT2D eigenvalue weighted by molar-refractivity contribution is -0.123. The smallest absolute Gasteiger partial charge is 0.265 e. The summed E-state index contributed by atoms with van der Waals surface area (Å²) < 4.78 is 15.9. The number of amides is 2. The van der Waals surface area contributed by atoms with Crippen molar-refractivity contribution in [1.82, 2.24) is 5.32 Å². The maximum Gasteiger partial charge on any atom is 0.265 e. The summed E-state index contributed by atoms with van der Waals surface area (Å²) in [5, 5.41) is 2.75. The van der Waals surface area contributed by atoms with Crippen molar-refractivity contribution >= 4 is 23.3 Å². The van der Waals surface area contributed by atoms with E-state index in [1.165, 1.54) is 0 Å². The molecule has 2 aromatic carbocycles. The van der Waals surface area contributed by atoms with Crippen molar-refractivity contribution in [2.75, 3.05) is 44.9 Å². The molecule has 1 aliphatic heterocycles. The number of Topliss-reactive ketones (excluding diaryl/α,β-unsaturated/α-hetero) is 1. The number of carbonyl (C=O) groups is 3. The minimum atomic E-state index is -0.211. The number of hydrogen-bond acceptors (Lipinski definition) is 6. The lowest BCUT2D eigenvalue weighted by Gasteiger charge is -2.29. The van der Waals surface area contributed by atoms with Gasteiger partial charge in [0, 0.05) is 32.2 Å². The van der Waals surface area contributed by atoms with Gasteiger partial charge in [0.1, 0.15) is 11.5 Å². The maximum absolute atomic E-state index is 12.6. The molecule has 0 aliphatic carbocycles. The van der Waals surface area contributed by atoms with Crippen LogP contribution in [-0.2, 0) is 14.3 Å². The molecule has 0 atom stereocenters. The number of anilines is 1. The van der Waals surface area contributed by atoms with E-state index in [1.807, 2.05) is 18.2 Å². The highest BCUT2D eigenvalue weighted by atomic mass is 16.5. The Kier molecular flexibility index (Phi) is 8.00. The first-order chi connectivity index (χ1) is 15.1. The van der Waals surface area contributed by atoms with Gasteiger partial charge in [-0.05, 0) is 36.8 Å². The van der Waals surface area contributed by atoms with Crippen molar-refractivity contribution in [3.8, 4) is 11.5 Å². The number of nitrogens with zero attached hydrogens (tertiary/aromatic N) is 1. The lowest BCUT2D eigenvalue weighted by atomic mass is 10.1. The molecule has 0 fully saturated rings. The second-order valence-corrected chi connectivity index (χ2v) is 6.99. The van der Waals surface area contributed by atoms with Gasteiger partial charge in [0.05, 0.1) is 12.3 Å². The Morgan fingerprint density at radius 1 is 1.16 bits per heavy atom. The van der Waals surface area contributed by atoms with E-state index in [4.69, 9.17) is 14.2 Å². The molecule has 0 bridgehead atoms. The van der Waals surface area contributed by atoms with E-state index in [0.717, 1.165) is 0 Å². The standard InChI is InChI=1S/C23H26N2O6/c1-29-13-11-24-22(27)8-5-12-25-19-14-17(9-10-21(19)31-16-23(25)28)20(26)15-30-18-6-3-2-4-7-18/h2-4,6-7,9-10,14H,5,8,11-13,15-16H2,1H3,(H,24,27). The molecule has 164 valence electrons. The zero-order chi connectivity index (χ0) is 22.1. The summed E-state index contributed by atoms with van der Waals surface area (Å²) in [6.07, 6.45) is 0.770. The molecule has 1 N–H and O–H groups in total. The van der Waals surface area contributed by atoms with Crippen molar-refractivity contribution < 1.29 is 28.6 Å². The molecule has 3 rings (SSSR count). The van der Waals surface area contributed by atoms with E-state index in [1.54, 1.807) is 42.3 Å². The highest BCUT2D eigenvalue weighted by Crippen LogP contribution is 2.33. The summed E-state index contributed by atoms with van der Waals surface area (Å²) >= 11 is 0. The number of methoxy groups -OCH3 is 1. The Morgan fingerprint density at radius 3 is 2.74 bits per heavy atom. The molecule has 8 heteroatoms. The van der Waals surface area contributed by atoms with Crippen LogP contribution in [0, 0.1) is 0 Å². The molecular weight excluding hydrogens is 400 g/mol. The van der Waals surface area contributed by atoms with E-state index < -0.39 is 0 Å². The van der Waals surface area contributed by atoms with Crippen molar-refractivity contribution in [3.05, 3.63) is 54.1 Å². The Balaban J connectivity index is 1.61. The van der Waals surface area contributed by atoms with Crippen molar-refractivity contribution in [2.24, 2.45) is 0 Å². The molecular formula is C23H26N2O6. The van der Waals surface area contributed by atoms with Crippen LogP contribution in [0.15, 0.2) is 48.5 Å². The molecule has 0 unspecified atom stereocenters. The van der Waals surface area contributed by atoms with Gasteiger partial charge in [-0.25, -0.2) is 0 Å². The summed E-state index contributed by atoms with van der Waals surface area (Å²) in [4.78, 5) is 38.4. The molecule has 31 heavy (non-hydrogen) atoms. The van der Waals surface area contributed by atoms with Gasteiger partial charge in [0.2, 0.25) is 5.91 Å². The van der Waals surface area contributed by atoms with Crippen LogP contribution < -0.4 is 19.7 Å². The fourth-order valence-electron chi connectivity index (χ4n) is 3.15. The first-order valence-corrected chi connectivity index (χ1v) is 10.1. The van der Waals surface area contributed by atoms with Gasteiger partial charge in [-0.2, -0.15) is 0 Å². The van der Waals surface area contributed by atoms with Crippen LogP contribution in [0.1, 0.15) is 23.2 Å². The average Bonchev–Trinajstić information content (AvgIpc) is 2.79. The summed E-state index contributed by atoms with van der Waals surface area (Å²) in [7, 11) is 1.57. The summed E-state index contributed by atoms with van der Waals surface area (Å²) in [6.45, 7) is 1.07. The predicted molar refractivity (Wildman–Crippen MR) is 115 cm³/mol. The molecule has 1 aliphatic rings. The Hall–Kier alpha value is -3.39. The fourth-order valence-corrected chi connectivity index (χ4v) is 3.15. The fraction of sp³-hybridized carbons (Fsp3) is 0.348. The first-order valence-electron chi connectivity index (χ1n) is 10.1. The molecule has 0 radical (unpaired) electrons. The van der Waals surface area contributed by atoms with Gasteiger partial charge < -0.3 is 24.4 Å². The second kappa shape index (κ2) is 11.1. The van der Waals surface area contributed by atoms with Crippen LogP contribution in [0.5, 0.6) is 11.5 Å². The second-order valence-electron chi connectivity index (χ2n) is 6.99. The molecule has 8 nitrogen and oxygen atoms in total. The lowest BCUT2D eigenvalue weighted by Crippen LogP contribution is -2.40. The molecule has 2 amide bonds. The van der Waals surface area contributed by atoms with E-state index in [9.17, 15) is 14.4 Å². The highest BCUT2D eigenvalue weighted by Gasteiger charge is 2.26. The number of para-hydroxylation sites is 1. The van der Waals surface area contributed by atoms with Crippen LogP contribution in [0.25, 0.3) is 0 Å². The summed E-state index contributed by atoms with van der Waals surface area (Å²) in [6, 6.07) is 14.1. The number of benzene rings is 2. The minimum absolute atomic E-state index is 0.0720. The number of nitrogens with one attached hydrogen (secondary N) is 1. The van der Waals surface area contributed by atoms with Gasteiger partial charge in [0.15, 0.2) is 19.0 Å². The topological polar surface area (TPSA) is 94.2 Å². The Labute approximate surface area is 181 Å². The summed E-state index contributed by atoms with van der Waals surface area (Å²) in [5.41, 5.74) is 0.955. The minimum Gasteiger partial charge on any atom is -0.485 e. The Morgan fingerprint density at radius 2 is 1.97 bits per heavy atom. The first kappa shape index (κ1) is 22.3. The molecule has 1 heterocycles. The zero-order valence-electron chi connectivity index (χ0n) is 17.5. The van der Waals surface area contributed by atoms with Crippen molar-refractivity contribution in [3.63, 3.8) is 0 Å². The number of carbonyl (C=O) groups excluding carboxylic acids is 3. The van der Waals surface area contributed by atoms with Crippen LogP contribution in [0.3, 0.4) is 0 Å². The van der Waals surface area contributed by atoms with E-state index in [2.05, 4.69) is 5.32 Å². The van der Waals surface area contributed by atoms with Crippen LogP contribution >= 0.6 is 0 Å². The highest BCUT2D eigenvalue weighted by molar-refractivity contribution is 6.02. The number of hydrogen-bond donors (Lipinski definition) is 1. The number of ether oxygens (including phenoxy) is 3. The average molecular weight is 426 g/mol. The third-order valence-electron chi connectivity index (χ3n) is 4.75. The quantitative estimate of drug-likeness (QED) is 0.437. The third kappa shape index (κ3) is 6.29. The predicted octanol–water partition coefficient (Wildman–Crippen LogP) is 2.22. The molecule has 0 saturated carbocycles. The van der Waals surface area contributed by atoms with Gasteiger partial charge in [-0.15, -0.1) is 0 Å². The summed E-state index contributed by atoms with van der Waals surface area (Å²) in [5.74, 6) is 0.627. The van der Waals surface area contributed by atoms with E-state index in [-0.39, 0.29) is 37.2 Å². The van der Waals surface area contributed by atoms with Crippen molar-refractivity contribution in [1.29, 1.82) is 0 Å². The van der Waals surface area contributed by atoms with Gasteiger partial charge >= 0.3 is 0 Å². The largest absolute Gasteiger partial charge is 0.485 e. The number of rotatable bonds is 11. The molecule has 0 spiro atoms. The van der Waals surface area contributed by atoms with Gasteiger partial charge in [0.25, 0.3) is 5.91 Å². The van der Waals surface area contributed by atoms with Crippen molar-refractivity contribution in [2.45, 2.75) is 12.8 Å². The normalized spacial score (nSPS) is 12.7. The number of fused-ring (bicyclic) bond motifs is 1.